The minimum atomic E-state index is -0.487. The van der Waals surface area contributed by atoms with Gasteiger partial charge in [-0.3, -0.25) is 19.1 Å². The first-order chi connectivity index (χ1) is 14.8. The lowest BCUT2D eigenvalue weighted by atomic mass is 10.2. The first-order valence-corrected chi connectivity index (χ1v) is 10.4. The van der Waals surface area contributed by atoms with Gasteiger partial charge in [0.25, 0.3) is 5.56 Å². The number of nitrogens with one attached hydrogen (secondary N) is 2. The number of hydrogen-bond acceptors (Lipinski definition) is 5. The van der Waals surface area contributed by atoms with E-state index in [-0.39, 0.29) is 18.2 Å². The van der Waals surface area contributed by atoms with E-state index in [1.165, 1.54) is 4.57 Å². The minimum Gasteiger partial charge on any atom is -0.383 e. The number of aryl methyl sites for hydroxylation is 2. The van der Waals surface area contributed by atoms with E-state index in [0.29, 0.717) is 43.1 Å². The molecule has 0 spiro atoms. The summed E-state index contributed by atoms with van der Waals surface area (Å²) < 4.78 is 8.41. The van der Waals surface area contributed by atoms with Crippen LogP contribution >= 0.6 is 0 Å². The molecular weight excluding hydrogens is 398 g/mol. The molecule has 0 saturated carbocycles. The van der Waals surface area contributed by atoms with Crippen molar-refractivity contribution in [1.29, 1.82) is 0 Å². The van der Waals surface area contributed by atoms with E-state index in [2.05, 4.69) is 15.3 Å². The Hall–Kier alpha value is -3.20. The third-order valence-electron chi connectivity index (χ3n) is 4.94. The van der Waals surface area contributed by atoms with Crippen LogP contribution in [0.1, 0.15) is 31.7 Å². The molecule has 0 unspecified atom stereocenters. The largest absolute Gasteiger partial charge is 0.383 e. The third-order valence-corrected chi connectivity index (χ3v) is 4.94. The number of ether oxygens (including phenoxy) is 1. The number of nitrogens with zero attached hydrogens (tertiary/aromatic N) is 3. The Kier molecular flexibility index (Phi) is 7.06. The number of carbonyl (C=O) groups is 1. The van der Waals surface area contributed by atoms with Gasteiger partial charge in [-0.1, -0.05) is 31.5 Å². The van der Waals surface area contributed by atoms with Crippen molar-refractivity contribution in [1.82, 2.24) is 19.1 Å². The molecule has 0 aliphatic rings. The molecule has 3 aromatic rings. The molecule has 0 atom stereocenters. The molecule has 9 heteroatoms. The lowest BCUT2D eigenvalue weighted by Gasteiger charge is -2.10. The maximum atomic E-state index is 12.6. The molecule has 2 heterocycles. The fourth-order valence-electron chi connectivity index (χ4n) is 3.45. The smallest absolute Gasteiger partial charge is 0.330 e. The van der Waals surface area contributed by atoms with Crippen LogP contribution in [0, 0.1) is 12.8 Å². The van der Waals surface area contributed by atoms with E-state index in [0.717, 1.165) is 11.3 Å². The number of hydrogen-bond donors (Lipinski definition) is 2. The number of benzene rings is 1. The van der Waals surface area contributed by atoms with Crippen LogP contribution in [0.4, 0.5) is 5.69 Å². The molecule has 2 N–H and O–H groups in total. The molecule has 0 bridgehead atoms. The topological polar surface area (TPSA) is 111 Å². The second-order valence-corrected chi connectivity index (χ2v) is 8.02. The summed E-state index contributed by atoms with van der Waals surface area (Å²) in [6.45, 7) is 7.16. The average molecular weight is 428 g/mol. The zero-order valence-corrected chi connectivity index (χ0v) is 18.4. The number of carbonyl (C=O) groups excluding carboxylic acids is 1. The first kappa shape index (κ1) is 22.5. The van der Waals surface area contributed by atoms with Crippen LogP contribution < -0.4 is 16.6 Å². The zero-order valence-electron chi connectivity index (χ0n) is 18.4. The van der Waals surface area contributed by atoms with E-state index in [1.807, 2.05) is 45.0 Å². The maximum absolute atomic E-state index is 12.6. The minimum absolute atomic E-state index is 0.150. The number of aromatic nitrogens is 4. The Labute approximate surface area is 180 Å². The van der Waals surface area contributed by atoms with Crippen molar-refractivity contribution < 1.29 is 9.53 Å². The Balaban J connectivity index is 1.91. The predicted octanol–water partition coefficient (Wildman–Crippen LogP) is 2.07. The van der Waals surface area contributed by atoms with Crippen molar-refractivity contribution in [2.45, 2.75) is 46.7 Å². The van der Waals surface area contributed by atoms with E-state index in [4.69, 9.17) is 4.74 Å². The highest BCUT2D eigenvalue weighted by Gasteiger charge is 2.19. The molecule has 31 heavy (non-hydrogen) atoms. The van der Waals surface area contributed by atoms with Crippen LogP contribution in [0.2, 0.25) is 0 Å². The van der Waals surface area contributed by atoms with Gasteiger partial charge in [0, 0.05) is 38.7 Å². The zero-order chi connectivity index (χ0) is 22.5. The molecule has 0 fully saturated rings. The van der Waals surface area contributed by atoms with Crippen molar-refractivity contribution in [3.8, 4) is 0 Å². The van der Waals surface area contributed by atoms with Crippen molar-refractivity contribution in [2.75, 3.05) is 19.0 Å². The van der Waals surface area contributed by atoms with E-state index >= 15 is 0 Å². The van der Waals surface area contributed by atoms with Crippen molar-refractivity contribution in [3.05, 3.63) is 56.5 Å². The predicted molar refractivity (Wildman–Crippen MR) is 119 cm³/mol. The summed E-state index contributed by atoms with van der Waals surface area (Å²) in [5, 5.41) is 2.87. The van der Waals surface area contributed by atoms with Gasteiger partial charge in [0.05, 0.1) is 6.61 Å². The van der Waals surface area contributed by atoms with Crippen molar-refractivity contribution in [3.63, 3.8) is 0 Å². The van der Waals surface area contributed by atoms with Crippen LogP contribution in [0.25, 0.3) is 11.2 Å². The molecule has 0 radical (unpaired) electrons. The Morgan fingerprint density at radius 3 is 2.55 bits per heavy atom. The fourth-order valence-corrected chi connectivity index (χ4v) is 3.45. The maximum Gasteiger partial charge on any atom is 0.330 e. The van der Waals surface area contributed by atoms with Gasteiger partial charge >= 0.3 is 5.69 Å². The molecule has 166 valence electrons. The van der Waals surface area contributed by atoms with Crippen molar-refractivity contribution in [2.24, 2.45) is 5.92 Å². The van der Waals surface area contributed by atoms with E-state index < -0.39 is 11.2 Å². The summed E-state index contributed by atoms with van der Waals surface area (Å²) in [6.07, 6.45) is 0.516. The second kappa shape index (κ2) is 9.74. The summed E-state index contributed by atoms with van der Waals surface area (Å²) in [5.74, 6) is 0.613. The summed E-state index contributed by atoms with van der Waals surface area (Å²) >= 11 is 0. The van der Waals surface area contributed by atoms with Gasteiger partial charge in [0.2, 0.25) is 5.91 Å². The molecule has 2 aromatic heterocycles. The number of fused-ring (bicyclic) bond motifs is 1. The molecule has 0 aliphatic heterocycles. The Morgan fingerprint density at radius 1 is 1.19 bits per heavy atom. The average Bonchev–Trinajstić information content (AvgIpc) is 3.08. The standard InChI is InChI=1S/C22H29N5O4/c1-14(2)13-27-20-19(21(29)25-22(27)30)26(11-12-31-4)17(24-20)9-10-18(28)23-16-7-5-15(3)6-8-16/h5-8,14H,9-13H2,1-4H3,(H,23,28)(H,25,29,30). The highest BCUT2D eigenvalue weighted by molar-refractivity contribution is 5.90. The third kappa shape index (κ3) is 5.29. The summed E-state index contributed by atoms with van der Waals surface area (Å²) in [5.41, 5.74) is 1.54. The molecule has 1 amide bonds. The fraction of sp³-hybridized carbons (Fsp3) is 0.455. The van der Waals surface area contributed by atoms with Crippen LogP contribution in [0.5, 0.6) is 0 Å². The highest BCUT2D eigenvalue weighted by Crippen LogP contribution is 2.15. The molecule has 0 aliphatic carbocycles. The number of imidazole rings is 1. The van der Waals surface area contributed by atoms with Gasteiger partial charge in [0.15, 0.2) is 11.2 Å². The van der Waals surface area contributed by atoms with Gasteiger partial charge < -0.3 is 14.6 Å². The van der Waals surface area contributed by atoms with Crippen LogP contribution in [0.15, 0.2) is 33.9 Å². The summed E-state index contributed by atoms with van der Waals surface area (Å²) in [6, 6.07) is 7.57. The van der Waals surface area contributed by atoms with Gasteiger partial charge in [0.1, 0.15) is 5.82 Å². The van der Waals surface area contributed by atoms with E-state index in [9.17, 15) is 14.4 Å². The van der Waals surface area contributed by atoms with Crippen LogP contribution in [0.3, 0.4) is 0 Å². The first-order valence-electron chi connectivity index (χ1n) is 10.4. The number of anilines is 1. The number of aromatic amines is 1. The number of rotatable bonds is 9. The lowest BCUT2D eigenvalue weighted by molar-refractivity contribution is -0.116. The van der Waals surface area contributed by atoms with Gasteiger partial charge in [-0.05, 0) is 25.0 Å². The molecular formula is C22H29N5O4. The van der Waals surface area contributed by atoms with Crippen molar-refractivity contribution >= 4 is 22.8 Å². The highest BCUT2D eigenvalue weighted by atomic mass is 16.5. The summed E-state index contributed by atoms with van der Waals surface area (Å²) in [7, 11) is 1.58. The lowest BCUT2D eigenvalue weighted by Crippen LogP contribution is -2.32. The Bertz CT molecular complexity index is 1170. The second-order valence-electron chi connectivity index (χ2n) is 8.02. The van der Waals surface area contributed by atoms with Gasteiger partial charge in [-0.2, -0.15) is 0 Å². The quantitative estimate of drug-likeness (QED) is 0.543. The molecule has 3 rings (SSSR count). The van der Waals surface area contributed by atoms with Gasteiger partial charge in [-0.15, -0.1) is 0 Å². The number of methoxy groups -OCH3 is 1. The summed E-state index contributed by atoms with van der Waals surface area (Å²) in [4.78, 5) is 44.4. The number of H-pyrrole nitrogens is 1. The van der Waals surface area contributed by atoms with Crippen LogP contribution in [-0.4, -0.2) is 38.7 Å². The molecule has 1 aromatic carbocycles. The van der Waals surface area contributed by atoms with Gasteiger partial charge in [-0.25, -0.2) is 9.78 Å². The SMILES string of the molecule is COCCn1c(CCC(=O)Nc2ccc(C)cc2)nc2c1c(=O)[nH]c(=O)n2CC(C)C. The Morgan fingerprint density at radius 2 is 1.90 bits per heavy atom. The molecule has 9 nitrogen and oxygen atoms in total. The van der Waals surface area contributed by atoms with Crippen LogP contribution in [-0.2, 0) is 29.0 Å². The van der Waals surface area contributed by atoms with E-state index in [1.54, 1.807) is 11.7 Å². The monoisotopic (exact) mass is 427 g/mol. The molecule has 0 saturated heterocycles. The normalized spacial score (nSPS) is 11.4. The number of amides is 1.